The van der Waals surface area contributed by atoms with Crippen molar-refractivity contribution in [3.05, 3.63) is 40.7 Å². The summed E-state index contributed by atoms with van der Waals surface area (Å²) in [5.41, 5.74) is 0.769. The molecular weight excluding hydrogens is 544 g/mol. The fraction of sp³-hybridized carbons (Fsp3) is 0.559. The molecule has 43 heavy (non-hydrogen) atoms. The number of nitrogens with one attached hydrogen (secondary N) is 1. The van der Waals surface area contributed by atoms with Crippen LogP contribution in [0.2, 0.25) is 0 Å². The van der Waals surface area contributed by atoms with Gasteiger partial charge in [0.1, 0.15) is 11.5 Å². The molecule has 1 aliphatic heterocycles. The Bertz CT molecular complexity index is 1440. The van der Waals surface area contributed by atoms with Crippen LogP contribution >= 0.6 is 0 Å². The lowest BCUT2D eigenvalue weighted by molar-refractivity contribution is -0.130. The van der Waals surface area contributed by atoms with E-state index in [1.165, 1.54) is 5.01 Å². The number of anilines is 2. The number of allylic oxidation sites excluding steroid dienone is 2. The molecule has 1 fully saturated rings. The van der Waals surface area contributed by atoms with Crippen molar-refractivity contribution in [1.82, 2.24) is 5.01 Å². The molecule has 0 unspecified atom stereocenters. The quantitative estimate of drug-likeness (QED) is 0.313. The zero-order valence-electron chi connectivity index (χ0n) is 26.9. The van der Waals surface area contributed by atoms with Gasteiger partial charge in [0.15, 0.2) is 0 Å². The van der Waals surface area contributed by atoms with E-state index in [9.17, 15) is 24.3 Å². The molecule has 0 spiro atoms. The fourth-order valence-electron chi connectivity index (χ4n) is 5.80. The van der Waals surface area contributed by atoms with Crippen LogP contribution < -0.4 is 10.2 Å². The first-order valence-electron chi connectivity index (χ1n) is 15.5. The number of benzene rings is 1. The van der Waals surface area contributed by atoms with Crippen LogP contribution in [0.4, 0.5) is 11.4 Å². The average molecular weight is 591 g/mol. The molecule has 2 aliphatic carbocycles. The molecule has 0 saturated heterocycles. The molecule has 9 heteroatoms. The van der Waals surface area contributed by atoms with Crippen LogP contribution in [-0.2, 0) is 19.2 Å². The minimum absolute atomic E-state index is 0.0490. The van der Waals surface area contributed by atoms with Crippen molar-refractivity contribution in [2.45, 2.75) is 99.5 Å². The van der Waals surface area contributed by atoms with Gasteiger partial charge in [-0.3, -0.25) is 19.2 Å². The Hall–Kier alpha value is -3.75. The Kier molecular flexibility index (Phi) is 9.05. The standard InChI is InChI=1S/C34H46N4O5/c1-9-34(7,8)32(43)35-24-19-22(37(10-2)18-17-25(39)21-13-11-12-14-21)15-16-23(24)27-29(40)28(30(27)41)26-20(3)36-38(31(26)42)33(4,5)6/h15-16,19,21,40H,9-14,17-18H2,1-8H3,(H,35,43)/b28-26+. The highest BCUT2D eigenvalue weighted by Gasteiger charge is 2.45. The summed E-state index contributed by atoms with van der Waals surface area (Å²) in [6.07, 6.45) is 5.22. The maximum absolute atomic E-state index is 13.6. The van der Waals surface area contributed by atoms with Crippen LogP contribution in [-0.4, -0.2) is 57.8 Å². The maximum Gasteiger partial charge on any atom is 0.277 e. The second kappa shape index (κ2) is 12.1. The summed E-state index contributed by atoms with van der Waals surface area (Å²) in [6.45, 7) is 16.0. The van der Waals surface area contributed by atoms with E-state index in [1.54, 1.807) is 19.1 Å². The van der Waals surface area contributed by atoms with Gasteiger partial charge in [-0.1, -0.05) is 33.6 Å². The van der Waals surface area contributed by atoms with Gasteiger partial charge in [0.2, 0.25) is 11.7 Å². The number of aliphatic hydroxyl groups is 1. The molecule has 4 rings (SSSR count). The van der Waals surface area contributed by atoms with E-state index < -0.39 is 22.6 Å². The molecule has 1 heterocycles. The summed E-state index contributed by atoms with van der Waals surface area (Å²) in [4.78, 5) is 55.0. The van der Waals surface area contributed by atoms with Crippen LogP contribution in [0.25, 0.3) is 5.57 Å². The van der Waals surface area contributed by atoms with Gasteiger partial charge < -0.3 is 15.3 Å². The van der Waals surface area contributed by atoms with Crippen molar-refractivity contribution < 1.29 is 24.3 Å². The number of carbonyl (C=O) groups excluding carboxylic acids is 4. The molecule has 0 radical (unpaired) electrons. The number of hydrazone groups is 1. The first kappa shape index (κ1) is 32.2. The van der Waals surface area contributed by atoms with E-state index in [0.717, 1.165) is 31.4 Å². The monoisotopic (exact) mass is 590 g/mol. The Labute approximate surface area is 255 Å². The summed E-state index contributed by atoms with van der Waals surface area (Å²) in [6, 6.07) is 5.36. The van der Waals surface area contributed by atoms with Crippen LogP contribution in [0.5, 0.6) is 0 Å². The van der Waals surface area contributed by atoms with Gasteiger partial charge in [0.05, 0.1) is 33.7 Å². The Morgan fingerprint density at radius 3 is 2.23 bits per heavy atom. The lowest BCUT2D eigenvalue weighted by atomic mass is 9.79. The van der Waals surface area contributed by atoms with E-state index in [2.05, 4.69) is 15.3 Å². The second-order valence-electron chi connectivity index (χ2n) is 13.5. The topological polar surface area (TPSA) is 119 Å². The molecule has 1 saturated carbocycles. The first-order chi connectivity index (χ1) is 20.1. The molecule has 0 bridgehead atoms. The van der Waals surface area contributed by atoms with E-state index in [-0.39, 0.29) is 34.3 Å². The molecule has 3 aliphatic rings. The zero-order chi connectivity index (χ0) is 31.9. The summed E-state index contributed by atoms with van der Waals surface area (Å²) in [5.74, 6) is -0.950. The number of nitrogens with zero attached hydrogens (tertiary/aromatic N) is 3. The van der Waals surface area contributed by atoms with Crippen molar-refractivity contribution in [2.75, 3.05) is 23.3 Å². The van der Waals surface area contributed by atoms with Crippen molar-refractivity contribution in [2.24, 2.45) is 16.4 Å². The van der Waals surface area contributed by atoms with Gasteiger partial charge in [0.25, 0.3) is 5.91 Å². The lowest BCUT2D eigenvalue weighted by Gasteiger charge is -2.30. The molecule has 2 amide bonds. The molecule has 0 atom stereocenters. The average Bonchev–Trinajstić information content (AvgIpc) is 3.59. The van der Waals surface area contributed by atoms with Crippen molar-refractivity contribution in [3.63, 3.8) is 0 Å². The third-order valence-electron chi connectivity index (χ3n) is 9.04. The summed E-state index contributed by atoms with van der Waals surface area (Å²) in [7, 11) is 0. The van der Waals surface area contributed by atoms with Gasteiger partial charge in [-0.2, -0.15) is 5.10 Å². The summed E-state index contributed by atoms with van der Waals surface area (Å²) in [5, 5.41) is 19.9. The van der Waals surface area contributed by atoms with Crippen LogP contribution in [0, 0.1) is 11.3 Å². The number of amides is 2. The maximum atomic E-state index is 13.6. The highest BCUT2D eigenvalue weighted by Crippen LogP contribution is 2.44. The molecule has 1 aromatic carbocycles. The number of carbonyl (C=O) groups is 4. The highest BCUT2D eigenvalue weighted by atomic mass is 16.3. The number of rotatable bonds is 10. The van der Waals surface area contributed by atoms with Crippen molar-refractivity contribution >= 4 is 46.0 Å². The van der Waals surface area contributed by atoms with E-state index in [1.807, 2.05) is 54.5 Å². The Morgan fingerprint density at radius 2 is 1.70 bits per heavy atom. The van der Waals surface area contributed by atoms with Crippen molar-refractivity contribution in [3.8, 4) is 0 Å². The van der Waals surface area contributed by atoms with Gasteiger partial charge in [-0.25, -0.2) is 5.01 Å². The second-order valence-corrected chi connectivity index (χ2v) is 13.5. The number of hydrogen-bond donors (Lipinski definition) is 2. The van der Waals surface area contributed by atoms with Gasteiger partial charge in [0, 0.05) is 42.1 Å². The molecule has 9 nitrogen and oxygen atoms in total. The third kappa shape index (κ3) is 6.17. The summed E-state index contributed by atoms with van der Waals surface area (Å²) >= 11 is 0. The smallest absolute Gasteiger partial charge is 0.277 e. The van der Waals surface area contributed by atoms with Gasteiger partial charge >= 0.3 is 0 Å². The Morgan fingerprint density at radius 1 is 1.05 bits per heavy atom. The molecule has 1 aromatic rings. The predicted octanol–water partition coefficient (Wildman–Crippen LogP) is 6.20. The van der Waals surface area contributed by atoms with E-state index in [0.29, 0.717) is 48.7 Å². The van der Waals surface area contributed by atoms with Gasteiger partial charge in [-0.15, -0.1) is 0 Å². The normalized spacial score (nSPS) is 19.6. The van der Waals surface area contributed by atoms with Crippen LogP contribution in [0.3, 0.4) is 0 Å². The molecule has 0 aromatic heterocycles. The van der Waals surface area contributed by atoms with E-state index >= 15 is 0 Å². The molecule has 2 N–H and O–H groups in total. The zero-order valence-corrected chi connectivity index (χ0v) is 26.9. The highest BCUT2D eigenvalue weighted by molar-refractivity contribution is 6.44. The number of aliphatic hydroxyl groups excluding tert-OH is 1. The Balaban J connectivity index is 1.72. The minimum Gasteiger partial charge on any atom is -0.506 e. The van der Waals surface area contributed by atoms with Gasteiger partial charge in [-0.05, 0) is 72.1 Å². The minimum atomic E-state index is -0.668. The number of ketones is 2. The van der Waals surface area contributed by atoms with Crippen molar-refractivity contribution in [1.29, 1.82) is 0 Å². The number of Topliss-reactive ketones (excluding diaryl/α,β-unsaturated/α-hetero) is 2. The first-order valence-corrected chi connectivity index (χ1v) is 15.5. The predicted molar refractivity (Wildman–Crippen MR) is 170 cm³/mol. The van der Waals surface area contributed by atoms with Crippen LogP contribution in [0.15, 0.2) is 40.2 Å². The summed E-state index contributed by atoms with van der Waals surface area (Å²) < 4.78 is 0. The van der Waals surface area contributed by atoms with E-state index in [4.69, 9.17) is 0 Å². The molecular formula is C34H46N4O5. The number of hydrogen-bond acceptors (Lipinski definition) is 7. The third-order valence-corrected chi connectivity index (χ3v) is 9.04. The lowest BCUT2D eigenvalue weighted by Crippen LogP contribution is -2.40. The largest absolute Gasteiger partial charge is 0.506 e. The van der Waals surface area contributed by atoms with Crippen LogP contribution in [0.1, 0.15) is 99.5 Å². The SMILES string of the molecule is CCN(CCC(=O)C1CCCC1)c1ccc(C2=C(O)/C(=C3\C(=O)N(C(C)(C)C)N=C3C)C2=O)c(NC(=O)C(C)(C)CC)c1. The fourth-order valence-corrected chi connectivity index (χ4v) is 5.80. The molecule has 232 valence electrons.